The highest BCUT2D eigenvalue weighted by molar-refractivity contribution is 8.13. The average molecular weight is 382 g/mol. The van der Waals surface area contributed by atoms with Crippen molar-refractivity contribution < 1.29 is 28.6 Å². The van der Waals surface area contributed by atoms with E-state index >= 15 is 0 Å². The molecule has 1 fully saturated rings. The number of carbonyl (C=O) groups is 3. The zero-order chi connectivity index (χ0) is 19.1. The van der Waals surface area contributed by atoms with Crippen LogP contribution >= 0.6 is 11.8 Å². The number of rotatable bonds is 8. The van der Waals surface area contributed by atoms with Gasteiger partial charge in [-0.2, -0.15) is 0 Å². The van der Waals surface area contributed by atoms with E-state index in [0.29, 0.717) is 29.4 Å². The summed E-state index contributed by atoms with van der Waals surface area (Å²) in [5.74, 6) is 0.898. The molecule has 1 saturated heterocycles. The number of thioether (sulfide) groups is 1. The Balaban J connectivity index is 2.16. The molecule has 8 nitrogen and oxygen atoms in total. The van der Waals surface area contributed by atoms with Crippen LogP contribution in [0.25, 0.3) is 0 Å². The maximum Gasteiger partial charge on any atom is 0.307 e. The fourth-order valence-electron chi connectivity index (χ4n) is 2.55. The predicted molar refractivity (Wildman–Crippen MR) is 96.5 cm³/mol. The predicted octanol–water partition coefficient (Wildman–Crippen LogP) is 1.59. The highest BCUT2D eigenvalue weighted by Crippen LogP contribution is 2.31. The Labute approximate surface area is 156 Å². The molecule has 2 rings (SSSR count). The van der Waals surface area contributed by atoms with Crippen molar-refractivity contribution in [2.75, 3.05) is 40.2 Å². The number of amides is 2. The van der Waals surface area contributed by atoms with Crippen LogP contribution in [0.5, 0.6) is 11.5 Å². The largest absolute Gasteiger partial charge is 0.493 e. The van der Waals surface area contributed by atoms with E-state index in [1.807, 2.05) is 0 Å². The Bertz CT molecular complexity index is 681. The van der Waals surface area contributed by atoms with Crippen molar-refractivity contribution in [2.45, 2.75) is 12.5 Å². The van der Waals surface area contributed by atoms with Crippen molar-refractivity contribution in [3.8, 4) is 11.5 Å². The van der Waals surface area contributed by atoms with Gasteiger partial charge in [-0.15, -0.1) is 0 Å². The summed E-state index contributed by atoms with van der Waals surface area (Å²) in [5.41, 5.74) is 0.670. The first-order valence-corrected chi connectivity index (χ1v) is 8.96. The molecule has 0 radical (unpaired) electrons. The van der Waals surface area contributed by atoms with Crippen LogP contribution in [0.3, 0.4) is 0 Å². The minimum Gasteiger partial charge on any atom is -0.493 e. The summed E-state index contributed by atoms with van der Waals surface area (Å²) in [7, 11) is 4.32. The van der Waals surface area contributed by atoms with Crippen LogP contribution in [-0.2, 0) is 14.3 Å². The Kier molecular flexibility index (Phi) is 7.14. The lowest BCUT2D eigenvalue weighted by atomic mass is 10.0. The van der Waals surface area contributed by atoms with E-state index in [9.17, 15) is 14.4 Å². The number of benzene rings is 1. The molecule has 9 heteroatoms. The molecule has 1 heterocycles. The summed E-state index contributed by atoms with van der Waals surface area (Å²) in [4.78, 5) is 37.2. The Morgan fingerprint density at radius 3 is 2.54 bits per heavy atom. The van der Waals surface area contributed by atoms with Crippen molar-refractivity contribution >= 4 is 28.9 Å². The molecule has 0 aromatic heterocycles. The molecule has 0 spiro atoms. The van der Waals surface area contributed by atoms with E-state index in [1.165, 1.54) is 38.0 Å². The maximum atomic E-state index is 12.4. The number of hydrogen-bond donors (Lipinski definition) is 1. The molecular weight excluding hydrogens is 360 g/mol. The number of ether oxygens (including phenoxy) is 3. The Morgan fingerprint density at radius 1 is 1.23 bits per heavy atom. The number of nitrogens with zero attached hydrogens (tertiary/aromatic N) is 1. The lowest BCUT2D eigenvalue weighted by Gasteiger charge is -2.21. The van der Waals surface area contributed by atoms with Crippen LogP contribution in [0.2, 0.25) is 0 Å². The monoisotopic (exact) mass is 382 g/mol. The second-order valence-electron chi connectivity index (χ2n) is 5.55. The molecule has 2 amide bonds. The third-order valence-electron chi connectivity index (χ3n) is 3.92. The lowest BCUT2D eigenvalue weighted by molar-refractivity contribution is -0.141. The van der Waals surface area contributed by atoms with Crippen LogP contribution in [0.4, 0.5) is 4.79 Å². The van der Waals surface area contributed by atoms with Crippen molar-refractivity contribution in [2.24, 2.45) is 0 Å². The fraction of sp³-hybridized carbons (Fsp3) is 0.471. The van der Waals surface area contributed by atoms with Crippen LogP contribution in [0, 0.1) is 0 Å². The molecule has 1 aliphatic rings. The molecule has 0 bridgehead atoms. The number of hydrogen-bond acceptors (Lipinski definition) is 7. The van der Waals surface area contributed by atoms with Gasteiger partial charge in [-0.1, -0.05) is 17.8 Å². The zero-order valence-electron chi connectivity index (χ0n) is 14.9. The molecule has 1 aromatic carbocycles. The molecule has 26 heavy (non-hydrogen) atoms. The third-order valence-corrected chi connectivity index (χ3v) is 4.81. The van der Waals surface area contributed by atoms with Gasteiger partial charge in [0.1, 0.15) is 6.54 Å². The van der Waals surface area contributed by atoms with Gasteiger partial charge >= 0.3 is 5.97 Å². The highest BCUT2D eigenvalue weighted by atomic mass is 32.2. The number of esters is 1. The van der Waals surface area contributed by atoms with Crippen LogP contribution in [-0.4, -0.2) is 62.2 Å². The molecule has 142 valence electrons. The molecule has 1 N–H and O–H groups in total. The summed E-state index contributed by atoms with van der Waals surface area (Å²) in [6, 6.07) is 4.53. The minimum atomic E-state index is -0.611. The molecular formula is C17H22N2O6S. The van der Waals surface area contributed by atoms with E-state index in [-0.39, 0.29) is 24.1 Å². The summed E-state index contributed by atoms with van der Waals surface area (Å²) >= 11 is 1.19. The van der Waals surface area contributed by atoms with E-state index in [0.717, 1.165) is 0 Å². The van der Waals surface area contributed by atoms with Gasteiger partial charge in [0.2, 0.25) is 5.91 Å². The SMILES string of the molecule is COC(=O)CC(NC(=O)CN1CCSC1=O)c1ccc(OC)c(OC)c1. The van der Waals surface area contributed by atoms with Crippen molar-refractivity contribution in [1.29, 1.82) is 0 Å². The standard InChI is InChI=1S/C17H22N2O6S/c1-23-13-5-4-11(8-14(13)24-2)12(9-16(21)25-3)18-15(20)10-19-6-7-26-17(19)22/h4-5,8,12H,6-7,9-10H2,1-3H3,(H,18,20). The summed E-state index contributed by atoms with van der Waals surface area (Å²) < 4.78 is 15.2. The van der Waals surface area contributed by atoms with Gasteiger partial charge in [-0.05, 0) is 17.7 Å². The topological polar surface area (TPSA) is 94.2 Å². The second kappa shape index (κ2) is 9.33. The quantitative estimate of drug-likeness (QED) is 0.682. The number of nitrogens with one attached hydrogen (secondary N) is 1. The van der Waals surface area contributed by atoms with Crippen molar-refractivity contribution in [3.05, 3.63) is 23.8 Å². The minimum absolute atomic E-state index is 0.0413. The Morgan fingerprint density at radius 2 is 1.96 bits per heavy atom. The summed E-state index contributed by atoms with van der Waals surface area (Å²) in [6.07, 6.45) is -0.0413. The maximum absolute atomic E-state index is 12.4. The van der Waals surface area contributed by atoms with E-state index in [1.54, 1.807) is 18.2 Å². The normalized spacial score (nSPS) is 14.7. The average Bonchev–Trinajstić information content (AvgIpc) is 3.04. The van der Waals surface area contributed by atoms with Gasteiger partial charge in [-0.25, -0.2) is 0 Å². The van der Waals surface area contributed by atoms with E-state index in [2.05, 4.69) is 5.32 Å². The van der Waals surface area contributed by atoms with E-state index < -0.39 is 12.0 Å². The first-order chi connectivity index (χ1) is 12.5. The van der Waals surface area contributed by atoms with E-state index in [4.69, 9.17) is 14.2 Å². The van der Waals surface area contributed by atoms with Crippen LogP contribution in [0.1, 0.15) is 18.0 Å². The van der Waals surface area contributed by atoms with Crippen LogP contribution < -0.4 is 14.8 Å². The smallest absolute Gasteiger partial charge is 0.307 e. The summed E-state index contributed by atoms with van der Waals surface area (Å²) in [6.45, 7) is 0.492. The number of methoxy groups -OCH3 is 3. The van der Waals surface area contributed by atoms with Gasteiger partial charge in [0.05, 0.1) is 33.8 Å². The molecule has 1 atom stereocenters. The zero-order valence-corrected chi connectivity index (χ0v) is 15.8. The van der Waals surface area contributed by atoms with Gasteiger partial charge < -0.3 is 24.4 Å². The second-order valence-corrected chi connectivity index (χ2v) is 6.60. The third kappa shape index (κ3) is 5.04. The molecule has 0 saturated carbocycles. The fourth-order valence-corrected chi connectivity index (χ4v) is 3.38. The molecule has 0 aliphatic carbocycles. The van der Waals surface area contributed by atoms with Crippen molar-refractivity contribution in [1.82, 2.24) is 10.2 Å². The first kappa shape index (κ1) is 19.9. The molecule has 1 aromatic rings. The lowest BCUT2D eigenvalue weighted by Crippen LogP contribution is -2.39. The van der Waals surface area contributed by atoms with Gasteiger partial charge in [0.25, 0.3) is 5.24 Å². The van der Waals surface area contributed by atoms with Gasteiger partial charge in [0.15, 0.2) is 11.5 Å². The molecule has 1 aliphatic heterocycles. The van der Waals surface area contributed by atoms with Gasteiger partial charge in [0, 0.05) is 12.3 Å². The first-order valence-electron chi connectivity index (χ1n) is 7.98. The summed E-state index contributed by atoms with van der Waals surface area (Å²) in [5, 5.41) is 2.68. The Hall–Kier alpha value is -2.42. The molecule has 1 unspecified atom stereocenters. The number of carbonyl (C=O) groups excluding carboxylic acids is 3. The highest BCUT2D eigenvalue weighted by Gasteiger charge is 2.26. The van der Waals surface area contributed by atoms with Gasteiger partial charge in [-0.3, -0.25) is 14.4 Å². The van der Waals surface area contributed by atoms with Crippen molar-refractivity contribution in [3.63, 3.8) is 0 Å². The van der Waals surface area contributed by atoms with Crippen LogP contribution in [0.15, 0.2) is 18.2 Å².